The molecule has 2 rings (SSSR count). The van der Waals surface area contributed by atoms with Crippen molar-refractivity contribution in [3.05, 3.63) is 35.9 Å². The minimum atomic E-state index is 0.557. The topological polar surface area (TPSA) is 24.9 Å². The number of nitrogens with one attached hydrogen (secondary N) is 1. The summed E-state index contributed by atoms with van der Waals surface area (Å²) in [5, 5.41) is 4.58. The van der Waals surface area contributed by atoms with E-state index in [0.29, 0.717) is 11.6 Å². The number of anilines is 1. The molecular formula is C10H9ClN2S. The number of para-hydroxylation sites is 1. The average Bonchev–Trinajstić information content (AvgIpc) is 2.57. The van der Waals surface area contributed by atoms with E-state index in [9.17, 15) is 0 Å². The molecule has 0 atom stereocenters. The maximum atomic E-state index is 5.65. The van der Waals surface area contributed by atoms with Crippen molar-refractivity contribution in [2.75, 3.05) is 11.9 Å². The van der Waals surface area contributed by atoms with E-state index in [1.165, 1.54) is 4.70 Å². The first kappa shape index (κ1) is 9.49. The van der Waals surface area contributed by atoms with Crippen molar-refractivity contribution in [1.29, 1.82) is 0 Å². The maximum Gasteiger partial charge on any atom is 0.184 e. The van der Waals surface area contributed by atoms with E-state index in [4.69, 9.17) is 11.6 Å². The van der Waals surface area contributed by atoms with Crippen LogP contribution in [0.5, 0.6) is 0 Å². The number of thiazole rings is 1. The normalized spacial score (nSPS) is 10.4. The lowest BCUT2D eigenvalue weighted by molar-refractivity contribution is 1.29. The molecule has 1 aromatic carbocycles. The molecule has 2 nitrogen and oxygen atoms in total. The highest BCUT2D eigenvalue weighted by atomic mass is 35.5. The van der Waals surface area contributed by atoms with Gasteiger partial charge in [0.15, 0.2) is 5.13 Å². The fourth-order valence-corrected chi connectivity index (χ4v) is 2.05. The van der Waals surface area contributed by atoms with E-state index in [-0.39, 0.29) is 0 Å². The molecule has 72 valence electrons. The molecule has 0 saturated heterocycles. The molecule has 0 amide bonds. The number of nitrogens with zero attached hydrogens (tertiary/aromatic N) is 1. The summed E-state index contributed by atoms with van der Waals surface area (Å²) in [6.45, 7) is 4.16. The van der Waals surface area contributed by atoms with Crippen molar-refractivity contribution in [2.24, 2.45) is 0 Å². The molecule has 0 saturated carbocycles. The molecule has 2 aromatic rings. The SMILES string of the molecule is C=C(Cl)CNc1nc2ccccc2s1. The first-order valence-electron chi connectivity index (χ1n) is 4.18. The molecule has 0 aliphatic carbocycles. The van der Waals surface area contributed by atoms with Gasteiger partial charge in [-0.25, -0.2) is 4.98 Å². The van der Waals surface area contributed by atoms with Crippen LogP contribution in [0, 0.1) is 0 Å². The molecule has 0 spiro atoms. The molecule has 1 aromatic heterocycles. The summed E-state index contributed by atoms with van der Waals surface area (Å²) in [7, 11) is 0. The van der Waals surface area contributed by atoms with Gasteiger partial charge in [-0.3, -0.25) is 0 Å². The number of rotatable bonds is 3. The summed E-state index contributed by atoms with van der Waals surface area (Å²) < 4.78 is 1.18. The third kappa shape index (κ3) is 2.05. The van der Waals surface area contributed by atoms with Gasteiger partial charge in [0.1, 0.15) is 0 Å². The van der Waals surface area contributed by atoms with Crippen LogP contribution in [0.3, 0.4) is 0 Å². The monoisotopic (exact) mass is 224 g/mol. The van der Waals surface area contributed by atoms with Crippen LogP contribution in [0.4, 0.5) is 5.13 Å². The zero-order valence-corrected chi connectivity index (χ0v) is 9.03. The first-order chi connectivity index (χ1) is 6.75. The fraction of sp³-hybridized carbons (Fsp3) is 0.100. The van der Waals surface area contributed by atoms with Crippen LogP contribution < -0.4 is 5.32 Å². The number of benzene rings is 1. The van der Waals surface area contributed by atoms with Crippen molar-refractivity contribution in [3.8, 4) is 0 Å². The molecule has 1 heterocycles. The molecule has 0 unspecified atom stereocenters. The maximum absolute atomic E-state index is 5.65. The molecule has 4 heteroatoms. The van der Waals surface area contributed by atoms with Crippen LogP contribution >= 0.6 is 22.9 Å². The Bertz CT molecular complexity index is 431. The minimum absolute atomic E-state index is 0.557. The smallest absolute Gasteiger partial charge is 0.184 e. The second kappa shape index (κ2) is 3.98. The van der Waals surface area contributed by atoms with Gasteiger partial charge in [0, 0.05) is 5.03 Å². The number of hydrogen-bond acceptors (Lipinski definition) is 3. The van der Waals surface area contributed by atoms with Crippen molar-refractivity contribution >= 4 is 38.3 Å². The molecular weight excluding hydrogens is 216 g/mol. The fourth-order valence-electron chi connectivity index (χ4n) is 1.12. The van der Waals surface area contributed by atoms with E-state index < -0.39 is 0 Å². The molecule has 0 radical (unpaired) electrons. The molecule has 14 heavy (non-hydrogen) atoms. The van der Waals surface area contributed by atoms with Crippen LogP contribution in [0.15, 0.2) is 35.9 Å². The molecule has 0 bridgehead atoms. The van der Waals surface area contributed by atoms with Gasteiger partial charge in [-0.15, -0.1) is 0 Å². The van der Waals surface area contributed by atoms with E-state index in [1.807, 2.05) is 24.3 Å². The number of fused-ring (bicyclic) bond motifs is 1. The number of halogens is 1. The largest absolute Gasteiger partial charge is 0.357 e. The van der Waals surface area contributed by atoms with Gasteiger partial charge in [0.05, 0.1) is 16.8 Å². The van der Waals surface area contributed by atoms with Crippen molar-refractivity contribution < 1.29 is 0 Å². The summed E-state index contributed by atoms with van der Waals surface area (Å²) in [4.78, 5) is 4.39. The molecule has 0 fully saturated rings. The van der Waals surface area contributed by atoms with Gasteiger partial charge in [-0.1, -0.05) is 41.6 Å². The third-order valence-corrected chi connectivity index (χ3v) is 2.85. The van der Waals surface area contributed by atoms with Crippen LogP contribution in [0.1, 0.15) is 0 Å². The highest BCUT2D eigenvalue weighted by molar-refractivity contribution is 7.22. The highest BCUT2D eigenvalue weighted by Crippen LogP contribution is 2.25. The lowest BCUT2D eigenvalue weighted by atomic mass is 10.3. The number of aromatic nitrogens is 1. The summed E-state index contributed by atoms with van der Waals surface area (Å²) in [6.07, 6.45) is 0. The predicted molar refractivity (Wildman–Crippen MR) is 63.1 cm³/mol. The van der Waals surface area contributed by atoms with Crippen LogP contribution in [-0.2, 0) is 0 Å². The average molecular weight is 225 g/mol. The Morgan fingerprint density at radius 3 is 3.00 bits per heavy atom. The van der Waals surface area contributed by atoms with Crippen molar-refractivity contribution in [3.63, 3.8) is 0 Å². The Labute approximate surface area is 91.2 Å². The predicted octanol–water partition coefficient (Wildman–Crippen LogP) is 3.46. The van der Waals surface area contributed by atoms with Gasteiger partial charge < -0.3 is 5.32 Å². The van der Waals surface area contributed by atoms with Crippen LogP contribution in [0.2, 0.25) is 0 Å². The molecule has 1 N–H and O–H groups in total. The van der Waals surface area contributed by atoms with Gasteiger partial charge >= 0.3 is 0 Å². The van der Waals surface area contributed by atoms with Crippen molar-refractivity contribution in [1.82, 2.24) is 4.98 Å². The zero-order chi connectivity index (χ0) is 9.97. The summed E-state index contributed by atoms with van der Waals surface area (Å²) in [6, 6.07) is 8.03. The van der Waals surface area contributed by atoms with E-state index in [2.05, 4.69) is 16.9 Å². The standard InChI is InChI=1S/C10H9ClN2S/c1-7(11)6-12-10-13-8-4-2-3-5-9(8)14-10/h2-5H,1,6H2,(H,12,13). The zero-order valence-electron chi connectivity index (χ0n) is 7.46. The van der Waals surface area contributed by atoms with Gasteiger partial charge in [-0.05, 0) is 12.1 Å². The molecule has 0 aliphatic heterocycles. The number of hydrogen-bond donors (Lipinski definition) is 1. The van der Waals surface area contributed by atoms with Crippen LogP contribution in [-0.4, -0.2) is 11.5 Å². The Kier molecular flexibility index (Phi) is 2.70. The first-order valence-corrected chi connectivity index (χ1v) is 5.38. The van der Waals surface area contributed by atoms with Gasteiger partial charge in [0.2, 0.25) is 0 Å². The Hall–Kier alpha value is -1.06. The Balaban J connectivity index is 2.22. The second-order valence-electron chi connectivity index (χ2n) is 2.86. The van der Waals surface area contributed by atoms with Crippen molar-refractivity contribution in [2.45, 2.75) is 0 Å². The van der Waals surface area contributed by atoms with E-state index in [0.717, 1.165) is 10.6 Å². The second-order valence-corrected chi connectivity index (χ2v) is 4.42. The van der Waals surface area contributed by atoms with Crippen LogP contribution in [0.25, 0.3) is 10.2 Å². The third-order valence-electron chi connectivity index (χ3n) is 1.73. The summed E-state index contributed by atoms with van der Waals surface area (Å²) >= 11 is 7.26. The molecule has 0 aliphatic rings. The Morgan fingerprint density at radius 1 is 1.50 bits per heavy atom. The van der Waals surface area contributed by atoms with E-state index in [1.54, 1.807) is 11.3 Å². The summed E-state index contributed by atoms with van der Waals surface area (Å²) in [5.41, 5.74) is 1.01. The van der Waals surface area contributed by atoms with E-state index >= 15 is 0 Å². The van der Waals surface area contributed by atoms with Gasteiger partial charge in [-0.2, -0.15) is 0 Å². The van der Waals surface area contributed by atoms with Gasteiger partial charge in [0.25, 0.3) is 0 Å². The highest BCUT2D eigenvalue weighted by Gasteiger charge is 2.01. The summed E-state index contributed by atoms with van der Waals surface area (Å²) in [5.74, 6) is 0. The minimum Gasteiger partial charge on any atom is -0.357 e. The lowest BCUT2D eigenvalue weighted by Crippen LogP contribution is -1.99. The Morgan fingerprint density at radius 2 is 2.29 bits per heavy atom. The quantitative estimate of drug-likeness (QED) is 0.864. The lowest BCUT2D eigenvalue weighted by Gasteiger charge is -1.97.